The Kier molecular flexibility index (Phi) is 5.61. The first kappa shape index (κ1) is 22.7. The molecule has 0 aliphatic carbocycles. The molecule has 2 aliphatic rings. The lowest BCUT2D eigenvalue weighted by molar-refractivity contribution is -0.142. The number of amides is 2. The SMILES string of the molecule is CCOC(=O)N1CCN(C(=O)c2cc3nc(-c4ccc5c(c4)OCO5)cc(C(F)(F)F)n3n2)CC1. The van der Waals surface area contributed by atoms with Crippen LogP contribution in [-0.2, 0) is 10.9 Å². The predicted octanol–water partition coefficient (Wildman–Crippen LogP) is 3.06. The molecule has 0 bridgehead atoms. The van der Waals surface area contributed by atoms with Gasteiger partial charge in [-0.05, 0) is 31.2 Å². The zero-order chi connectivity index (χ0) is 24.7. The molecule has 1 fully saturated rings. The molecule has 5 rings (SSSR count). The molecule has 1 saturated heterocycles. The van der Waals surface area contributed by atoms with Crippen molar-refractivity contribution in [1.29, 1.82) is 0 Å². The monoisotopic (exact) mass is 491 g/mol. The molecule has 2 amide bonds. The normalized spacial score (nSPS) is 15.5. The lowest BCUT2D eigenvalue weighted by Gasteiger charge is -2.33. The van der Waals surface area contributed by atoms with Gasteiger partial charge in [-0.25, -0.2) is 14.3 Å². The molecule has 0 N–H and O–H groups in total. The zero-order valence-corrected chi connectivity index (χ0v) is 18.5. The van der Waals surface area contributed by atoms with Gasteiger partial charge in [0.05, 0.1) is 12.3 Å². The summed E-state index contributed by atoms with van der Waals surface area (Å²) >= 11 is 0. The van der Waals surface area contributed by atoms with E-state index in [1.54, 1.807) is 25.1 Å². The average Bonchev–Trinajstić information content (AvgIpc) is 3.49. The van der Waals surface area contributed by atoms with E-state index in [1.807, 2.05) is 0 Å². The second-order valence-corrected chi connectivity index (χ2v) is 7.87. The molecular formula is C22H20F3N5O5. The number of nitrogens with zero attached hydrogens (tertiary/aromatic N) is 5. The standard InChI is InChI=1S/C22H20F3N5O5/c1-2-33-21(32)29-7-5-28(6-8-29)20(31)15-11-19-26-14(10-18(22(23,24)25)30(19)27-15)13-3-4-16-17(9-13)35-12-34-16/h3-4,9-11H,2,5-8,12H2,1H3. The van der Waals surface area contributed by atoms with E-state index in [4.69, 9.17) is 14.2 Å². The Labute approximate surface area is 196 Å². The molecule has 3 aromatic rings. The van der Waals surface area contributed by atoms with Crippen molar-refractivity contribution in [3.8, 4) is 22.8 Å². The first-order chi connectivity index (χ1) is 16.7. The summed E-state index contributed by atoms with van der Waals surface area (Å²) in [6.07, 6.45) is -5.22. The van der Waals surface area contributed by atoms with E-state index in [9.17, 15) is 22.8 Å². The number of ether oxygens (including phenoxy) is 3. The predicted molar refractivity (Wildman–Crippen MR) is 114 cm³/mol. The van der Waals surface area contributed by atoms with E-state index in [0.717, 1.165) is 6.07 Å². The molecule has 0 atom stereocenters. The Hall–Kier alpha value is -4.03. The molecule has 4 heterocycles. The van der Waals surface area contributed by atoms with Gasteiger partial charge in [-0.2, -0.15) is 18.3 Å². The van der Waals surface area contributed by atoms with Crippen LogP contribution < -0.4 is 9.47 Å². The summed E-state index contributed by atoms with van der Waals surface area (Å²) in [5, 5.41) is 3.92. The minimum Gasteiger partial charge on any atom is -0.454 e. The maximum absolute atomic E-state index is 13.9. The number of carbonyl (C=O) groups excluding carboxylic acids is 2. The molecule has 2 aliphatic heterocycles. The minimum atomic E-state index is -4.75. The van der Waals surface area contributed by atoms with Crippen molar-refractivity contribution >= 4 is 17.6 Å². The third-order valence-electron chi connectivity index (χ3n) is 5.70. The third-order valence-corrected chi connectivity index (χ3v) is 5.70. The third kappa shape index (κ3) is 4.29. The van der Waals surface area contributed by atoms with Gasteiger partial charge in [0.15, 0.2) is 28.5 Å². The molecule has 0 unspecified atom stereocenters. The minimum absolute atomic E-state index is 0.0290. The molecular weight excluding hydrogens is 471 g/mol. The number of rotatable bonds is 3. The number of benzene rings is 1. The average molecular weight is 491 g/mol. The lowest BCUT2D eigenvalue weighted by Crippen LogP contribution is -2.50. The first-order valence-corrected chi connectivity index (χ1v) is 10.8. The van der Waals surface area contributed by atoms with E-state index >= 15 is 0 Å². The van der Waals surface area contributed by atoms with Crippen LogP contribution >= 0.6 is 0 Å². The van der Waals surface area contributed by atoms with Crippen LogP contribution in [0.5, 0.6) is 11.5 Å². The van der Waals surface area contributed by atoms with Gasteiger partial charge in [0.1, 0.15) is 0 Å². The van der Waals surface area contributed by atoms with Crippen molar-refractivity contribution in [2.75, 3.05) is 39.6 Å². The number of hydrogen-bond acceptors (Lipinski definition) is 7. The molecule has 13 heteroatoms. The molecule has 184 valence electrons. The van der Waals surface area contributed by atoms with Crippen LogP contribution in [0.4, 0.5) is 18.0 Å². The fraction of sp³-hybridized carbons (Fsp3) is 0.364. The van der Waals surface area contributed by atoms with E-state index in [0.29, 0.717) is 21.6 Å². The van der Waals surface area contributed by atoms with Crippen LogP contribution in [0, 0.1) is 0 Å². The molecule has 35 heavy (non-hydrogen) atoms. The Morgan fingerprint density at radius 3 is 2.46 bits per heavy atom. The zero-order valence-electron chi connectivity index (χ0n) is 18.5. The van der Waals surface area contributed by atoms with Crippen LogP contribution in [0.25, 0.3) is 16.9 Å². The maximum Gasteiger partial charge on any atom is 0.433 e. The van der Waals surface area contributed by atoms with Crippen molar-refractivity contribution in [3.05, 3.63) is 41.7 Å². The number of piperazine rings is 1. The summed E-state index contributed by atoms with van der Waals surface area (Å²) in [5.74, 6) is 0.354. The fourth-order valence-corrected chi connectivity index (χ4v) is 3.95. The number of halogens is 3. The van der Waals surface area contributed by atoms with E-state index in [-0.39, 0.29) is 56.6 Å². The van der Waals surface area contributed by atoms with E-state index in [1.165, 1.54) is 15.9 Å². The quantitative estimate of drug-likeness (QED) is 0.555. The Balaban J connectivity index is 1.45. The number of alkyl halides is 3. The van der Waals surface area contributed by atoms with Crippen LogP contribution in [0.2, 0.25) is 0 Å². The van der Waals surface area contributed by atoms with E-state index < -0.39 is 23.9 Å². The highest BCUT2D eigenvalue weighted by atomic mass is 19.4. The van der Waals surface area contributed by atoms with Crippen molar-refractivity contribution in [3.63, 3.8) is 0 Å². The first-order valence-electron chi connectivity index (χ1n) is 10.8. The summed E-state index contributed by atoms with van der Waals surface area (Å²) in [7, 11) is 0. The van der Waals surface area contributed by atoms with Gasteiger partial charge in [0.2, 0.25) is 6.79 Å². The smallest absolute Gasteiger partial charge is 0.433 e. The van der Waals surface area contributed by atoms with Crippen LogP contribution in [0.3, 0.4) is 0 Å². The van der Waals surface area contributed by atoms with Gasteiger partial charge in [0.25, 0.3) is 5.91 Å². The van der Waals surface area contributed by atoms with Crippen LogP contribution in [-0.4, -0.2) is 76.0 Å². The van der Waals surface area contributed by atoms with E-state index in [2.05, 4.69) is 10.1 Å². The highest BCUT2D eigenvalue weighted by Crippen LogP contribution is 2.37. The molecule has 1 aromatic carbocycles. The number of carbonyl (C=O) groups is 2. The summed E-state index contributed by atoms with van der Waals surface area (Å²) in [6, 6.07) is 6.83. The summed E-state index contributed by atoms with van der Waals surface area (Å²) in [6.45, 7) is 2.86. The highest BCUT2D eigenvalue weighted by molar-refractivity contribution is 5.93. The Morgan fingerprint density at radius 1 is 1.03 bits per heavy atom. The second kappa shape index (κ2) is 8.64. The Morgan fingerprint density at radius 2 is 1.74 bits per heavy atom. The molecule has 0 radical (unpaired) electrons. The van der Waals surface area contributed by atoms with Gasteiger partial charge in [-0.1, -0.05) is 0 Å². The van der Waals surface area contributed by atoms with Gasteiger partial charge < -0.3 is 24.0 Å². The summed E-state index contributed by atoms with van der Waals surface area (Å²) < 4.78 is 57.8. The lowest BCUT2D eigenvalue weighted by atomic mass is 10.1. The Bertz CT molecular complexity index is 1300. The van der Waals surface area contributed by atoms with Gasteiger partial charge in [-0.15, -0.1) is 0 Å². The van der Waals surface area contributed by atoms with Crippen LogP contribution in [0.15, 0.2) is 30.3 Å². The number of aromatic nitrogens is 3. The molecule has 2 aromatic heterocycles. The summed E-state index contributed by atoms with van der Waals surface area (Å²) in [5.41, 5.74) is -0.922. The molecule has 0 saturated carbocycles. The number of hydrogen-bond donors (Lipinski definition) is 0. The van der Waals surface area contributed by atoms with Gasteiger partial charge >= 0.3 is 12.3 Å². The molecule has 10 nitrogen and oxygen atoms in total. The van der Waals surface area contributed by atoms with Gasteiger partial charge in [-0.3, -0.25) is 4.79 Å². The van der Waals surface area contributed by atoms with Crippen molar-refractivity contribution < 1.29 is 37.0 Å². The largest absolute Gasteiger partial charge is 0.454 e. The molecule has 0 spiro atoms. The van der Waals surface area contributed by atoms with Crippen molar-refractivity contribution in [1.82, 2.24) is 24.4 Å². The second-order valence-electron chi connectivity index (χ2n) is 7.87. The summed E-state index contributed by atoms with van der Waals surface area (Å²) in [4.78, 5) is 32.1. The fourth-order valence-electron chi connectivity index (χ4n) is 3.95. The van der Waals surface area contributed by atoms with Crippen molar-refractivity contribution in [2.24, 2.45) is 0 Å². The maximum atomic E-state index is 13.9. The highest BCUT2D eigenvalue weighted by Gasteiger charge is 2.36. The van der Waals surface area contributed by atoms with Crippen LogP contribution in [0.1, 0.15) is 23.1 Å². The number of fused-ring (bicyclic) bond motifs is 2. The van der Waals surface area contributed by atoms with Crippen molar-refractivity contribution in [2.45, 2.75) is 13.1 Å². The topological polar surface area (TPSA) is 98.5 Å². The van der Waals surface area contributed by atoms with Gasteiger partial charge in [0, 0.05) is 37.8 Å².